The summed E-state index contributed by atoms with van der Waals surface area (Å²) in [5.41, 5.74) is -1.13. The molecule has 1 saturated heterocycles. The predicted molar refractivity (Wildman–Crippen MR) is 79.1 cm³/mol. The van der Waals surface area contributed by atoms with Crippen molar-refractivity contribution in [3.8, 4) is 0 Å². The first-order valence-electron chi connectivity index (χ1n) is 6.30. The van der Waals surface area contributed by atoms with Gasteiger partial charge in [0.1, 0.15) is 0 Å². The molecule has 4 nitrogen and oxygen atoms in total. The van der Waals surface area contributed by atoms with Crippen LogP contribution in [-0.2, 0) is 16.2 Å². The number of likely N-dealkylation sites (N-methyl/N-ethyl adjacent to an activating group) is 1. The number of quaternary nitrogens is 1. The molecule has 1 N–H and O–H groups in total. The SMILES string of the molecule is C[NH+]1CCN(S(=O)(=O)c2ccc(Cl)c(C(F)(F)F)c2)CC1.Cl. The third-order valence-electron chi connectivity index (χ3n) is 3.46. The minimum Gasteiger partial charge on any atom is -0.335 e. The first kappa shape index (κ1) is 19.5. The van der Waals surface area contributed by atoms with Crippen LogP contribution in [0.2, 0.25) is 5.02 Å². The van der Waals surface area contributed by atoms with Crippen molar-refractivity contribution in [2.75, 3.05) is 33.2 Å². The molecule has 0 spiro atoms. The summed E-state index contributed by atoms with van der Waals surface area (Å²) in [6.07, 6.45) is -4.69. The molecular formula is C12H16Cl2F3N2O2S+. The van der Waals surface area contributed by atoms with E-state index in [9.17, 15) is 21.6 Å². The average Bonchev–Trinajstić information content (AvgIpc) is 2.38. The normalized spacial score (nSPS) is 18.0. The maximum Gasteiger partial charge on any atom is 0.417 e. The Hall–Kier alpha value is -0.540. The van der Waals surface area contributed by atoms with Gasteiger partial charge in [-0.15, -0.1) is 12.4 Å². The molecule has 0 aromatic heterocycles. The molecule has 10 heteroatoms. The van der Waals surface area contributed by atoms with Crippen molar-refractivity contribution in [3.05, 3.63) is 28.8 Å². The maximum absolute atomic E-state index is 12.8. The van der Waals surface area contributed by atoms with Gasteiger partial charge in [-0.05, 0) is 18.2 Å². The number of rotatable bonds is 2. The van der Waals surface area contributed by atoms with E-state index in [1.807, 2.05) is 7.05 Å². The fourth-order valence-corrected chi connectivity index (χ4v) is 3.83. The minimum atomic E-state index is -4.69. The van der Waals surface area contributed by atoms with Crippen molar-refractivity contribution in [2.24, 2.45) is 0 Å². The van der Waals surface area contributed by atoms with Gasteiger partial charge in [0, 0.05) is 0 Å². The molecule has 0 unspecified atom stereocenters. The van der Waals surface area contributed by atoms with Crippen molar-refractivity contribution >= 4 is 34.0 Å². The van der Waals surface area contributed by atoms with E-state index in [1.165, 1.54) is 9.21 Å². The highest BCUT2D eigenvalue weighted by Crippen LogP contribution is 2.36. The summed E-state index contributed by atoms with van der Waals surface area (Å²) < 4.78 is 64.4. The molecule has 1 heterocycles. The lowest BCUT2D eigenvalue weighted by Gasteiger charge is -2.29. The smallest absolute Gasteiger partial charge is 0.335 e. The Labute approximate surface area is 138 Å². The van der Waals surface area contributed by atoms with Crippen LogP contribution in [0.1, 0.15) is 5.56 Å². The van der Waals surface area contributed by atoms with Gasteiger partial charge in [0.15, 0.2) is 0 Å². The summed E-state index contributed by atoms with van der Waals surface area (Å²) in [6, 6.07) is 2.68. The van der Waals surface area contributed by atoms with Gasteiger partial charge < -0.3 is 4.90 Å². The van der Waals surface area contributed by atoms with Crippen LogP contribution in [0.5, 0.6) is 0 Å². The third-order valence-corrected chi connectivity index (χ3v) is 5.68. The molecule has 1 aromatic rings. The molecule has 0 saturated carbocycles. The first-order chi connectivity index (χ1) is 9.62. The molecule has 22 heavy (non-hydrogen) atoms. The first-order valence-corrected chi connectivity index (χ1v) is 8.12. The van der Waals surface area contributed by atoms with Crippen molar-refractivity contribution in [3.63, 3.8) is 0 Å². The van der Waals surface area contributed by atoms with Gasteiger partial charge in [-0.2, -0.15) is 17.5 Å². The largest absolute Gasteiger partial charge is 0.417 e. The molecule has 1 fully saturated rings. The zero-order chi connectivity index (χ0) is 15.8. The number of piperazine rings is 1. The predicted octanol–water partition coefficient (Wildman–Crippen LogP) is 1.30. The summed E-state index contributed by atoms with van der Waals surface area (Å²) >= 11 is 5.50. The highest BCUT2D eigenvalue weighted by Gasteiger charge is 2.36. The van der Waals surface area contributed by atoms with E-state index < -0.39 is 26.8 Å². The Bertz CT molecular complexity index is 630. The Kier molecular flexibility index (Phi) is 6.14. The van der Waals surface area contributed by atoms with E-state index in [2.05, 4.69) is 0 Å². The number of hydrogen-bond donors (Lipinski definition) is 1. The maximum atomic E-state index is 12.8. The van der Waals surface area contributed by atoms with Crippen molar-refractivity contribution < 1.29 is 26.5 Å². The zero-order valence-corrected chi connectivity index (χ0v) is 14.0. The van der Waals surface area contributed by atoms with Crippen LogP contribution in [0.3, 0.4) is 0 Å². The van der Waals surface area contributed by atoms with Gasteiger partial charge in [0.25, 0.3) is 0 Å². The highest BCUT2D eigenvalue weighted by molar-refractivity contribution is 7.89. The quantitative estimate of drug-likeness (QED) is 0.841. The van der Waals surface area contributed by atoms with E-state index in [4.69, 9.17) is 11.6 Å². The Balaban J connectivity index is 0.00000242. The number of halogens is 5. The molecular weight excluding hydrogens is 364 g/mol. The standard InChI is InChI=1S/C12H14ClF3N2O2S.ClH/c1-17-4-6-18(7-5-17)21(19,20)9-2-3-11(13)10(8-9)12(14,15)16;/h2-3,8H,4-7H2,1H3;1H/p+1. The second-order valence-electron chi connectivity index (χ2n) is 5.00. The van der Waals surface area contributed by atoms with Crippen molar-refractivity contribution in [1.82, 2.24) is 4.31 Å². The molecule has 0 radical (unpaired) electrons. The molecule has 0 aliphatic carbocycles. The van der Waals surface area contributed by atoms with E-state index in [-0.39, 0.29) is 30.4 Å². The minimum absolute atomic E-state index is 0. The van der Waals surface area contributed by atoms with E-state index in [1.54, 1.807) is 0 Å². The summed E-state index contributed by atoms with van der Waals surface area (Å²) in [5, 5.41) is -0.510. The second kappa shape index (κ2) is 6.92. The van der Waals surface area contributed by atoms with E-state index in [0.717, 1.165) is 12.1 Å². The monoisotopic (exact) mass is 379 g/mol. The fourth-order valence-electron chi connectivity index (χ4n) is 2.14. The number of hydrogen-bond acceptors (Lipinski definition) is 2. The average molecular weight is 380 g/mol. The van der Waals surface area contributed by atoms with Crippen molar-refractivity contribution in [2.45, 2.75) is 11.1 Å². The van der Waals surface area contributed by atoms with Crippen LogP contribution in [0, 0.1) is 0 Å². The molecule has 126 valence electrons. The molecule has 0 bridgehead atoms. The van der Waals surface area contributed by atoms with E-state index in [0.29, 0.717) is 19.2 Å². The van der Waals surface area contributed by atoms with Gasteiger partial charge in [0.2, 0.25) is 10.0 Å². The number of benzene rings is 1. The lowest BCUT2D eigenvalue weighted by atomic mass is 10.2. The Morgan fingerprint density at radius 3 is 2.27 bits per heavy atom. The summed E-state index contributed by atoms with van der Waals surface area (Å²) in [5.74, 6) is 0. The number of alkyl halides is 3. The van der Waals surface area contributed by atoms with Gasteiger partial charge >= 0.3 is 6.18 Å². The summed E-state index contributed by atoms with van der Waals surface area (Å²) in [6.45, 7) is 1.83. The Morgan fingerprint density at radius 2 is 1.77 bits per heavy atom. The van der Waals surface area contributed by atoms with Crippen LogP contribution in [0.25, 0.3) is 0 Å². The van der Waals surface area contributed by atoms with Crippen LogP contribution in [0.4, 0.5) is 13.2 Å². The van der Waals surface area contributed by atoms with Crippen LogP contribution < -0.4 is 4.90 Å². The molecule has 1 aliphatic rings. The number of sulfonamides is 1. The van der Waals surface area contributed by atoms with Gasteiger partial charge in [-0.3, -0.25) is 0 Å². The van der Waals surface area contributed by atoms with Crippen LogP contribution in [-0.4, -0.2) is 45.9 Å². The van der Waals surface area contributed by atoms with Crippen LogP contribution >= 0.6 is 24.0 Å². The van der Waals surface area contributed by atoms with E-state index >= 15 is 0 Å². The summed E-state index contributed by atoms with van der Waals surface area (Å²) in [7, 11) is -1.99. The lowest BCUT2D eigenvalue weighted by Crippen LogP contribution is -3.12. The Morgan fingerprint density at radius 1 is 1.23 bits per heavy atom. The number of nitrogens with one attached hydrogen (secondary N) is 1. The second-order valence-corrected chi connectivity index (χ2v) is 7.35. The number of nitrogens with zero attached hydrogens (tertiary/aromatic N) is 1. The molecule has 1 aliphatic heterocycles. The highest BCUT2D eigenvalue weighted by atomic mass is 35.5. The molecule has 0 amide bonds. The zero-order valence-electron chi connectivity index (χ0n) is 11.7. The summed E-state index contributed by atoms with van der Waals surface area (Å²) in [4.78, 5) is 0.812. The lowest BCUT2D eigenvalue weighted by molar-refractivity contribution is -0.883. The van der Waals surface area contributed by atoms with Crippen LogP contribution in [0.15, 0.2) is 23.1 Å². The van der Waals surface area contributed by atoms with Crippen molar-refractivity contribution in [1.29, 1.82) is 0 Å². The van der Waals surface area contributed by atoms with Gasteiger partial charge in [0.05, 0.1) is 48.7 Å². The molecule has 0 atom stereocenters. The third kappa shape index (κ3) is 4.05. The van der Waals surface area contributed by atoms with Gasteiger partial charge in [-0.25, -0.2) is 8.42 Å². The molecule has 2 rings (SSSR count). The van der Waals surface area contributed by atoms with Gasteiger partial charge in [-0.1, -0.05) is 11.6 Å². The topological polar surface area (TPSA) is 41.8 Å². The molecule has 1 aromatic carbocycles. The fraction of sp³-hybridized carbons (Fsp3) is 0.500.